The van der Waals surface area contributed by atoms with Crippen LogP contribution in [0, 0.1) is 5.92 Å². The Morgan fingerprint density at radius 1 is 0.921 bits per heavy atom. The minimum atomic E-state index is -0.185. The van der Waals surface area contributed by atoms with Gasteiger partial charge >= 0.3 is 0 Å². The molecular formula is C29H33Cl2N5O2. The third kappa shape index (κ3) is 6.83. The maximum Gasteiger partial charge on any atom is 0.242 e. The van der Waals surface area contributed by atoms with Gasteiger partial charge in [-0.1, -0.05) is 67.4 Å². The Labute approximate surface area is 234 Å². The van der Waals surface area contributed by atoms with Gasteiger partial charge in [0.2, 0.25) is 11.8 Å². The summed E-state index contributed by atoms with van der Waals surface area (Å²) < 4.78 is 0. The normalized spacial score (nSPS) is 14.5. The van der Waals surface area contributed by atoms with Gasteiger partial charge in [0, 0.05) is 43.2 Å². The molecule has 2 heterocycles. The second-order valence-electron chi connectivity index (χ2n) is 9.98. The van der Waals surface area contributed by atoms with Crippen LogP contribution >= 0.6 is 23.2 Å². The van der Waals surface area contributed by atoms with Gasteiger partial charge < -0.3 is 14.7 Å². The molecule has 0 radical (unpaired) electrons. The van der Waals surface area contributed by atoms with Crippen LogP contribution in [0.5, 0.6) is 0 Å². The number of piperazine rings is 1. The third-order valence-corrected chi connectivity index (χ3v) is 7.32. The van der Waals surface area contributed by atoms with Crippen LogP contribution in [0.25, 0.3) is 11.3 Å². The van der Waals surface area contributed by atoms with Crippen molar-refractivity contribution < 1.29 is 9.59 Å². The molecule has 1 aromatic heterocycles. The van der Waals surface area contributed by atoms with E-state index in [2.05, 4.69) is 15.1 Å². The van der Waals surface area contributed by atoms with E-state index in [0.717, 1.165) is 16.9 Å². The number of aromatic nitrogens is 2. The summed E-state index contributed by atoms with van der Waals surface area (Å²) in [5.74, 6) is 0.926. The Morgan fingerprint density at radius 2 is 1.63 bits per heavy atom. The predicted octanol–water partition coefficient (Wildman–Crippen LogP) is 5.73. The molecule has 0 saturated carbocycles. The van der Waals surface area contributed by atoms with E-state index in [4.69, 9.17) is 23.2 Å². The van der Waals surface area contributed by atoms with E-state index >= 15 is 0 Å². The molecule has 2 aromatic carbocycles. The molecule has 1 saturated heterocycles. The molecule has 0 spiro atoms. The SMILES string of the molecule is CC(C)CC(=O)N(CC(=O)N1CCN(c2ccc(-c3ccc(Cl)cc3Cl)nn2)CC1)[C@@H](C)c1ccccc1. The molecule has 1 aliphatic heterocycles. The van der Waals surface area contributed by atoms with E-state index in [-0.39, 0.29) is 30.3 Å². The van der Waals surface area contributed by atoms with E-state index in [0.29, 0.717) is 48.3 Å². The van der Waals surface area contributed by atoms with Gasteiger partial charge in [-0.3, -0.25) is 9.59 Å². The molecule has 2 amide bonds. The van der Waals surface area contributed by atoms with Gasteiger partial charge in [-0.2, -0.15) is 0 Å². The van der Waals surface area contributed by atoms with Crippen molar-refractivity contribution in [1.82, 2.24) is 20.0 Å². The molecule has 0 bridgehead atoms. The Morgan fingerprint density at radius 3 is 2.24 bits per heavy atom. The number of nitrogens with zero attached hydrogens (tertiary/aromatic N) is 5. The highest BCUT2D eigenvalue weighted by molar-refractivity contribution is 6.36. The lowest BCUT2D eigenvalue weighted by Crippen LogP contribution is -2.52. The average Bonchev–Trinajstić information content (AvgIpc) is 2.91. The summed E-state index contributed by atoms with van der Waals surface area (Å²) in [4.78, 5) is 32.1. The zero-order chi connectivity index (χ0) is 27.2. The molecule has 0 N–H and O–H groups in total. The number of rotatable bonds is 8. The van der Waals surface area contributed by atoms with Crippen molar-refractivity contribution in [1.29, 1.82) is 0 Å². The number of carbonyl (C=O) groups is 2. The Hall–Kier alpha value is -3.16. The van der Waals surface area contributed by atoms with Crippen molar-refractivity contribution in [3.05, 3.63) is 76.3 Å². The summed E-state index contributed by atoms with van der Waals surface area (Å²) in [5, 5.41) is 9.84. The molecule has 4 rings (SSSR count). The van der Waals surface area contributed by atoms with Crippen LogP contribution in [0.15, 0.2) is 60.7 Å². The first-order chi connectivity index (χ1) is 18.2. The highest BCUT2D eigenvalue weighted by Crippen LogP contribution is 2.29. The summed E-state index contributed by atoms with van der Waals surface area (Å²) >= 11 is 12.3. The molecule has 3 aromatic rings. The van der Waals surface area contributed by atoms with Gasteiger partial charge in [0.15, 0.2) is 5.82 Å². The first kappa shape index (κ1) is 27.9. The quantitative estimate of drug-likeness (QED) is 0.356. The van der Waals surface area contributed by atoms with Crippen LogP contribution in [0.2, 0.25) is 10.0 Å². The minimum Gasteiger partial charge on any atom is -0.352 e. The predicted molar refractivity (Wildman–Crippen MR) is 152 cm³/mol. The molecule has 1 aliphatic rings. The zero-order valence-electron chi connectivity index (χ0n) is 22.0. The van der Waals surface area contributed by atoms with Gasteiger partial charge in [0.25, 0.3) is 0 Å². The van der Waals surface area contributed by atoms with Gasteiger partial charge in [-0.25, -0.2) is 0 Å². The summed E-state index contributed by atoms with van der Waals surface area (Å²) in [6.07, 6.45) is 0.411. The number of carbonyl (C=O) groups excluding carboxylic acids is 2. The number of hydrogen-bond donors (Lipinski definition) is 0. The number of halogens is 2. The standard InChI is InChI=1S/C29H33Cl2N5O2/c1-20(2)17-28(37)36(21(3)22-7-5-4-6-8-22)19-29(38)35-15-13-34(14-16-35)27-12-11-26(32-33-27)24-10-9-23(30)18-25(24)31/h4-12,18,20-21H,13-17,19H2,1-3H3/t21-/m0/s1. The van der Waals surface area contributed by atoms with Crippen molar-refractivity contribution in [2.75, 3.05) is 37.6 Å². The Balaban J connectivity index is 1.38. The van der Waals surface area contributed by atoms with E-state index in [9.17, 15) is 9.59 Å². The van der Waals surface area contributed by atoms with Crippen LogP contribution in [0.3, 0.4) is 0 Å². The topological polar surface area (TPSA) is 69.6 Å². The van der Waals surface area contributed by atoms with E-state index in [1.54, 1.807) is 17.0 Å². The van der Waals surface area contributed by atoms with Crippen molar-refractivity contribution >= 4 is 40.8 Å². The number of benzene rings is 2. The van der Waals surface area contributed by atoms with Crippen molar-refractivity contribution in [3.63, 3.8) is 0 Å². The largest absolute Gasteiger partial charge is 0.352 e. The molecule has 200 valence electrons. The molecular weight excluding hydrogens is 521 g/mol. The van der Waals surface area contributed by atoms with Gasteiger partial charge in [0.05, 0.1) is 16.8 Å². The molecule has 1 atom stereocenters. The second-order valence-corrected chi connectivity index (χ2v) is 10.8. The molecule has 7 nitrogen and oxygen atoms in total. The summed E-state index contributed by atoms with van der Waals surface area (Å²) in [6.45, 7) is 8.46. The number of hydrogen-bond acceptors (Lipinski definition) is 5. The third-order valence-electron chi connectivity index (χ3n) is 6.77. The van der Waals surface area contributed by atoms with Crippen LogP contribution in [-0.4, -0.2) is 64.5 Å². The maximum atomic E-state index is 13.3. The highest BCUT2D eigenvalue weighted by atomic mass is 35.5. The highest BCUT2D eigenvalue weighted by Gasteiger charge is 2.28. The lowest BCUT2D eigenvalue weighted by Gasteiger charge is -2.37. The summed E-state index contributed by atoms with van der Waals surface area (Å²) in [7, 11) is 0. The maximum absolute atomic E-state index is 13.3. The van der Waals surface area contributed by atoms with Gasteiger partial charge in [-0.05, 0) is 48.7 Å². The fraction of sp³-hybridized carbons (Fsp3) is 0.379. The molecule has 0 aliphatic carbocycles. The van der Waals surface area contributed by atoms with Crippen LogP contribution in [-0.2, 0) is 9.59 Å². The van der Waals surface area contributed by atoms with Crippen molar-refractivity contribution in [3.8, 4) is 11.3 Å². The fourth-order valence-corrected chi connectivity index (χ4v) is 5.09. The minimum absolute atomic E-state index is 0.000469. The molecule has 38 heavy (non-hydrogen) atoms. The first-order valence-corrected chi connectivity index (χ1v) is 13.6. The first-order valence-electron chi connectivity index (χ1n) is 12.9. The molecule has 1 fully saturated rings. The zero-order valence-corrected chi connectivity index (χ0v) is 23.5. The summed E-state index contributed by atoms with van der Waals surface area (Å²) in [6, 6.07) is 18.8. The van der Waals surface area contributed by atoms with Crippen molar-refractivity contribution in [2.45, 2.75) is 33.2 Å². The van der Waals surface area contributed by atoms with Crippen LogP contribution < -0.4 is 4.90 Å². The summed E-state index contributed by atoms with van der Waals surface area (Å²) in [5.41, 5.74) is 2.46. The van der Waals surface area contributed by atoms with E-state index in [1.807, 2.05) is 74.2 Å². The average molecular weight is 555 g/mol. The smallest absolute Gasteiger partial charge is 0.242 e. The van der Waals surface area contributed by atoms with Crippen molar-refractivity contribution in [2.24, 2.45) is 5.92 Å². The molecule has 0 unspecified atom stereocenters. The molecule has 9 heteroatoms. The Bertz CT molecular complexity index is 1250. The van der Waals surface area contributed by atoms with Crippen LogP contribution in [0.1, 0.15) is 38.8 Å². The van der Waals surface area contributed by atoms with Crippen LogP contribution in [0.4, 0.5) is 5.82 Å². The van der Waals surface area contributed by atoms with Gasteiger partial charge in [-0.15, -0.1) is 10.2 Å². The second kappa shape index (κ2) is 12.6. The monoisotopic (exact) mass is 553 g/mol. The lowest BCUT2D eigenvalue weighted by atomic mass is 10.0. The number of anilines is 1. The van der Waals surface area contributed by atoms with Gasteiger partial charge in [0.1, 0.15) is 6.54 Å². The fourth-order valence-electron chi connectivity index (χ4n) is 4.58. The van der Waals surface area contributed by atoms with E-state index < -0.39 is 0 Å². The van der Waals surface area contributed by atoms with E-state index in [1.165, 1.54) is 0 Å². The Kier molecular flexibility index (Phi) is 9.23. The number of amides is 2. The lowest BCUT2D eigenvalue weighted by molar-refractivity contribution is -0.143.